The molecule has 0 saturated carbocycles. The van der Waals surface area contributed by atoms with Crippen molar-refractivity contribution in [3.05, 3.63) is 167 Å². The van der Waals surface area contributed by atoms with Crippen LogP contribution in [-0.4, -0.2) is 48.1 Å². The zero-order chi connectivity index (χ0) is 45.0. The highest BCUT2D eigenvalue weighted by molar-refractivity contribution is 6.29. The van der Waals surface area contributed by atoms with Gasteiger partial charge < -0.3 is 28.1 Å². The van der Waals surface area contributed by atoms with Gasteiger partial charge in [0.05, 0.1) is 71.8 Å². The molecule has 0 N–H and O–H groups in total. The lowest BCUT2D eigenvalue weighted by atomic mass is 10.1. The maximum Gasteiger partial charge on any atom is 0.196 e. The Morgan fingerprint density at radius 3 is 1.24 bits per heavy atom. The lowest BCUT2D eigenvalue weighted by molar-refractivity contribution is 0.103. The number of aryl methyl sites for hydroxylation is 4. The molecule has 0 unspecified atom stereocenters. The Kier molecular flexibility index (Phi) is 12.5. The largest absolute Gasteiger partial charge is 0.497 e. The first-order chi connectivity index (χ1) is 32.5. The second kappa shape index (κ2) is 19.2. The Labute approximate surface area is 386 Å². The fourth-order valence-electron chi connectivity index (χ4n) is 10.3. The van der Waals surface area contributed by atoms with Crippen molar-refractivity contribution in [2.24, 2.45) is 0 Å². The molecule has 10 rings (SSSR count). The van der Waals surface area contributed by atoms with Gasteiger partial charge in [0, 0.05) is 35.3 Å². The standard InChI is InChI=1S/C58H56N2O6/c1-63-41-21-15-19-39(37-41)31-33-59-47-27-17-29-49(51(47)53-55(59)43-23-9-11-25-45(43)57(53)61)65-35-13-7-5-3-4-6-8-14-36-66-50-30-18-28-48-52(50)54-56(44-24-10-12-26-46(44)58(54)62)60(48)34-32-40-20-16-22-42(38-40)64-2/h9-12,15-30,37-38H,3-8,13-14,31-36H2,1-2H3. The minimum absolute atomic E-state index is 0.0729. The summed E-state index contributed by atoms with van der Waals surface area (Å²) in [4.78, 5) is 27.9. The topological polar surface area (TPSA) is 80.9 Å². The number of hydrogen-bond acceptors (Lipinski definition) is 6. The van der Waals surface area contributed by atoms with Gasteiger partial charge in [-0.25, -0.2) is 0 Å². The fraction of sp³-hybridized carbons (Fsp3) is 0.276. The molecule has 8 nitrogen and oxygen atoms in total. The molecular weight excluding hydrogens is 821 g/mol. The van der Waals surface area contributed by atoms with Gasteiger partial charge >= 0.3 is 0 Å². The van der Waals surface area contributed by atoms with Crippen molar-refractivity contribution < 1.29 is 28.5 Å². The maximum absolute atomic E-state index is 13.9. The van der Waals surface area contributed by atoms with Crippen molar-refractivity contribution in [2.75, 3.05) is 27.4 Å². The first-order valence-electron chi connectivity index (χ1n) is 23.6. The highest BCUT2D eigenvalue weighted by atomic mass is 16.5. The lowest BCUT2D eigenvalue weighted by Gasteiger charge is -2.13. The number of ether oxygens (including phenoxy) is 4. The van der Waals surface area contributed by atoms with E-state index in [9.17, 15) is 9.59 Å². The molecule has 6 aromatic carbocycles. The Morgan fingerprint density at radius 1 is 0.424 bits per heavy atom. The van der Waals surface area contributed by atoms with Crippen LogP contribution in [0, 0.1) is 0 Å². The van der Waals surface area contributed by atoms with Crippen LogP contribution in [0.1, 0.15) is 94.3 Å². The third kappa shape index (κ3) is 8.14. The Bertz CT molecular complexity index is 2880. The number of carbonyl (C=O) groups excluding carboxylic acids is 2. The van der Waals surface area contributed by atoms with E-state index in [0.29, 0.717) is 13.2 Å². The van der Waals surface area contributed by atoms with Crippen molar-refractivity contribution in [1.82, 2.24) is 9.13 Å². The smallest absolute Gasteiger partial charge is 0.196 e. The summed E-state index contributed by atoms with van der Waals surface area (Å²) in [6, 6.07) is 44.7. The van der Waals surface area contributed by atoms with Gasteiger partial charge in [0.2, 0.25) is 0 Å². The third-order valence-electron chi connectivity index (χ3n) is 13.5. The second-order valence-corrected chi connectivity index (χ2v) is 17.5. The zero-order valence-electron chi connectivity index (χ0n) is 37.9. The minimum atomic E-state index is 0.0729. The average Bonchev–Trinajstić information content (AvgIpc) is 4.06. The van der Waals surface area contributed by atoms with E-state index in [0.717, 1.165) is 154 Å². The summed E-state index contributed by atoms with van der Waals surface area (Å²) in [5, 5.41) is 1.84. The number of hydrogen-bond donors (Lipinski definition) is 0. The van der Waals surface area contributed by atoms with Crippen LogP contribution in [0.5, 0.6) is 23.0 Å². The number of unbranched alkanes of at least 4 members (excludes halogenated alkanes) is 7. The van der Waals surface area contributed by atoms with Crippen LogP contribution in [-0.2, 0) is 25.9 Å². The van der Waals surface area contributed by atoms with E-state index in [1.807, 2.05) is 84.9 Å². The number of rotatable bonds is 21. The molecule has 0 aliphatic heterocycles. The van der Waals surface area contributed by atoms with Gasteiger partial charge in [-0.3, -0.25) is 9.59 Å². The first-order valence-corrected chi connectivity index (χ1v) is 23.6. The molecular formula is C58H56N2O6. The van der Waals surface area contributed by atoms with E-state index in [-0.39, 0.29) is 11.6 Å². The Morgan fingerprint density at radius 2 is 0.818 bits per heavy atom. The molecule has 0 bridgehead atoms. The maximum atomic E-state index is 13.9. The summed E-state index contributed by atoms with van der Waals surface area (Å²) in [6.07, 6.45) is 10.4. The molecule has 0 fully saturated rings. The van der Waals surface area contributed by atoms with E-state index in [4.69, 9.17) is 18.9 Å². The van der Waals surface area contributed by atoms with Gasteiger partial charge in [-0.05, 0) is 85.3 Å². The second-order valence-electron chi connectivity index (χ2n) is 17.5. The van der Waals surface area contributed by atoms with Crippen LogP contribution in [0.15, 0.2) is 133 Å². The van der Waals surface area contributed by atoms with Crippen molar-refractivity contribution in [1.29, 1.82) is 0 Å². The Hall–Kier alpha value is -7.06. The van der Waals surface area contributed by atoms with Crippen molar-refractivity contribution in [3.8, 4) is 45.5 Å². The molecule has 2 aromatic heterocycles. The molecule has 334 valence electrons. The summed E-state index contributed by atoms with van der Waals surface area (Å²) in [7, 11) is 3.39. The summed E-state index contributed by atoms with van der Waals surface area (Å²) < 4.78 is 28.6. The van der Waals surface area contributed by atoms with Crippen molar-refractivity contribution in [3.63, 3.8) is 0 Å². The predicted octanol–water partition coefficient (Wildman–Crippen LogP) is 13.1. The average molecular weight is 877 g/mol. The van der Waals surface area contributed by atoms with Crippen molar-refractivity contribution >= 4 is 33.4 Å². The van der Waals surface area contributed by atoms with Crippen LogP contribution in [0.3, 0.4) is 0 Å². The van der Waals surface area contributed by atoms with Gasteiger partial charge in [-0.2, -0.15) is 0 Å². The molecule has 0 amide bonds. The number of fused-ring (bicyclic) bond motifs is 10. The van der Waals surface area contributed by atoms with E-state index in [1.54, 1.807) is 14.2 Å². The van der Waals surface area contributed by atoms with Gasteiger partial charge in [-0.1, -0.05) is 123 Å². The summed E-state index contributed by atoms with van der Waals surface area (Å²) in [5.74, 6) is 3.40. The highest BCUT2D eigenvalue weighted by Gasteiger charge is 2.36. The van der Waals surface area contributed by atoms with E-state index in [2.05, 4.69) is 57.7 Å². The molecule has 2 aliphatic carbocycles. The molecule has 0 saturated heterocycles. The summed E-state index contributed by atoms with van der Waals surface area (Å²) in [6.45, 7) is 2.69. The van der Waals surface area contributed by atoms with E-state index >= 15 is 0 Å². The fourth-order valence-corrected chi connectivity index (χ4v) is 10.3. The number of carbonyl (C=O) groups is 2. The zero-order valence-corrected chi connectivity index (χ0v) is 37.9. The lowest BCUT2D eigenvalue weighted by Crippen LogP contribution is -2.04. The van der Waals surface area contributed by atoms with Crippen LogP contribution in [0.25, 0.3) is 44.3 Å². The third-order valence-corrected chi connectivity index (χ3v) is 13.5. The predicted molar refractivity (Wildman–Crippen MR) is 263 cm³/mol. The number of aromatic nitrogens is 2. The van der Waals surface area contributed by atoms with Crippen LogP contribution >= 0.6 is 0 Å². The molecule has 66 heavy (non-hydrogen) atoms. The first kappa shape index (κ1) is 42.9. The van der Waals surface area contributed by atoms with E-state index < -0.39 is 0 Å². The minimum Gasteiger partial charge on any atom is -0.497 e. The number of ketones is 2. The molecule has 0 radical (unpaired) electrons. The number of nitrogens with zero attached hydrogens (tertiary/aromatic N) is 2. The monoisotopic (exact) mass is 876 g/mol. The quantitative estimate of drug-likeness (QED) is 0.0669. The number of methoxy groups -OCH3 is 2. The van der Waals surface area contributed by atoms with Crippen molar-refractivity contribution in [2.45, 2.75) is 77.3 Å². The summed E-state index contributed by atoms with van der Waals surface area (Å²) >= 11 is 0. The van der Waals surface area contributed by atoms with Crippen LogP contribution < -0.4 is 18.9 Å². The van der Waals surface area contributed by atoms with Gasteiger partial charge in [0.15, 0.2) is 11.6 Å². The normalized spacial score (nSPS) is 12.4. The summed E-state index contributed by atoms with van der Waals surface area (Å²) in [5.41, 5.74) is 11.4. The molecule has 8 heteroatoms. The van der Waals surface area contributed by atoms with E-state index in [1.165, 1.54) is 24.0 Å². The molecule has 8 aromatic rings. The van der Waals surface area contributed by atoms with Gasteiger partial charge in [-0.15, -0.1) is 0 Å². The molecule has 0 atom stereocenters. The SMILES string of the molecule is COc1cccc(CCn2c3c(c4c(OCCCCCCCCCCOc5cccc6c5c5c(n6CCc6cccc(OC)c6)-c6ccccc6C5=O)cccc42)C(=O)c2ccccc2-3)c1. The molecule has 0 spiro atoms. The number of benzene rings is 6. The molecule has 2 aliphatic rings. The van der Waals surface area contributed by atoms with Crippen LogP contribution in [0.2, 0.25) is 0 Å². The van der Waals surface area contributed by atoms with Gasteiger partial charge in [0.25, 0.3) is 0 Å². The molecule has 2 heterocycles. The van der Waals surface area contributed by atoms with Gasteiger partial charge in [0.1, 0.15) is 23.0 Å². The Balaban J connectivity index is 0.712. The highest BCUT2D eigenvalue weighted by Crippen LogP contribution is 2.47. The van der Waals surface area contributed by atoms with Crippen LogP contribution in [0.4, 0.5) is 0 Å².